The van der Waals surface area contributed by atoms with E-state index in [1.165, 1.54) is 7.11 Å². The van der Waals surface area contributed by atoms with Crippen LogP contribution in [-0.2, 0) is 9.59 Å². The van der Waals surface area contributed by atoms with Crippen molar-refractivity contribution in [2.24, 2.45) is 5.10 Å². The van der Waals surface area contributed by atoms with Gasteiger partial charge in [-0.1, -0.05) is 30.3 Å². The van der Waals surface area contributed by atoms with Gasteiger partial charge in [0.25, 0.3) is 5.91 Å². The van der Waals surface area contributed by atoms with Crippen molar-refractivity contribution in [2.45, 2.75) is 20.3 Å². The number of carbonyl (C=O) groups excluding carboxylic acids is 2. The summed E-state index contributed by atoms with van der Waals surface area (Å²) in [6.45, 7) is 3.40. The Hall–Kier alpha value is -3.35. The number of para-hydroxylation sites is 3. The molecule has 0 aliphatic heterocycles. The fourth-order valence-corrected chi connectivity index (χ4v) is 2.27. The quantitative estimate of drug-likeness (QED) is 0.553. The van der Waals surface area contributed by atoms with Crippen LogP contribution in [-0.4, -0.2) is 31.2 Å². The third kappa shape index (κ3) is 6.47. The van der Waals surface area contributed by atoms with Crippen LogP contribution in [0.5, 0.6) is 11.5 Å². The largest absolute Gasteiger partial charge is 0.495 e. The molecule has 0 spiro atoms. The molecule has 27 heavy (non-hydrogen) atoms. The minimum Gasteiger partial charge on any atom is -0.495 e. The summed E-state index contributed by atoms with van der Waals surface area (Å²) >= 11 is 0. The Labute approximate surface area is 158 Å². The van der Waals surface area contributed by atoms with Gasteiger partial charge in [0.2, 0.25) is 5.91 Å². The molecule has 0 bridgehead atoms. The van der Waals surface area contributed by atoms with E-state index in [-0.39, 0.29) is 18.9 Å². The Morgan fingerprint density at radius 3 is 2.37 bits per heavy atom. The number of hydrogen-bond acceptors (Lipinski definition) is 5. The standard InChI is InChI=1S/C20H23N3O4/c1-14-8-4-6-10-17(14)27-13-20(25)23-22-15(2)12-19(24)21-16-9-5-7-11-18(16)26-3/h4-11H,12-13H2,1-3H3,(H,21,24)(H,23,25). The molecule has 7 nitrogen and oxygen atoms in total. The van der Waals surface area contributed by atoms with Gasteiger partial charge in [-0.3, -0.25) is 9.59 Å². The van der Waals surface area contributed by atoms with Crippen LogP contribution in [0, 0.1) is 6.92 Å². The number of methoxy groups -OCH3 is 1. The van der Waals surface area contributed by atoms with Crippen molar-refractivity contribution >= 4 is 23.2 Å². The van der Waals surface area contributed by atoms with E-state index in [9.17, 15) is 9.59 Å². The Bertz CT molecular complexity index is 833. The highest BCUT2D eigenvalue weighted by Gasteiger charge is 2.09. The summed E-state index contributed by atoms with van der Waals surface area (Å²) in [6, 6.07) is 14.5. The van der Waals surface area contributed by atoms with Crippen LogP contribution in [0.1, 0.15) is 18.9 Å². The lowest BCUT2D eigenvalue weighted by Gasteiger charge is -2.10. The van der Waals surface area contributed by atoms with Gasteiger partial charge in [-0.2, -0.15) is 5.10 Å². The fraction of sp³-hybridized carbons (Fsp3) is 0.250. The predicted octanol–water partition coefficient (Wildman–Crippen LogP) is 2.90. The van der Waals surface area contributed by atoms with Crippen molar-refractivity contribution in [1.29, 1.82) is 0 Å². The number of anilines is 1. The molecule has 2 rings (SSSR count). The Kier molecular flexibility index (Phi) is 7.37. The van der Waals surface area contributed by atoms with Gasteiger partial charge < -0.3 is 14.8 Å². The first-order chi connectivity index (χ1) is 13.0. The Morgan fingerprint density at radius 2 is 1.67 bits per heavy atom. The van der Waals surface area contributed by atoms with Crippen molar-refractivity contribution in [3.05, 3.63) is 54.1 Å². The summed E-state index contributed by atoms with van der Waals surface area (Å²) in [6.07, 6.45) is 0.0387. The van der Waals surface area contributed by atoms with Crippen LogP contribution >= 0.6 is 0 Å². The molecule has 0 aliphatic rings. The average molecular weight is 369 g/mol. The van der Waals surface area contributed by atoms with E-state index in [1.807, 2.05) is 31.2 Å². The summed E-state index contributed by atoms with van der Waals surface area (Å²) in [7, 11) is 1.53. The number of amides is 2. The molecule has 0 heterocycles. The van der Waals surface area contributed by atoms with Crippen LogP contribution in [0.4, 0.5) is 5.69 Å². The zero-order valence-electron chi connectivity index (χ0n) is 15.6. The van der Waals surface area contributed by atoms with Gasteiger partial charge in [-0.15, -0.1) is 0 Å². The van der Waals surface area contributed by atoms with Gasteiger partial charge in [-0.05, 0) is 37.6 Å². The molecule has 0 saturated carbocycles. The van der Waals surface area contributed by atoms with Crippen LogP contribution < -0.4 is 20.2 Å². The lowest BCUT2D eigenvalue weighted by molar-refractivity contribution is -0.123. The molecule has 0 aliphatic carbocycles. The minimum absolute atomic E-state index is 0.0387. The maximum absolute atomic E-state index is 12.1. The molecule has 0 fully saturated rings. The SMILES string of the molecule is COc1ccccc1NC(=O)CC(C)=NNC(=O)COc1ccccc1C. The first-order valence-electron chi connectivity index (χ1n) is 8.43. The monoisotopic (exact) mass is 369 g/mol. The fourth-order valence-electron chi connectivity index (χ4n) is 2.27. The number of rotatable bonds is 8. The lowest BCUT2D eigenvalue weighted by Crippen LogP contribution is -2.26. The Balaban J connectivity index is 1.80. The number of nitrogens with zero attached hydrogens (tertiary/aromatic N) is 1. The van der Waals surface area contributed by atoms with E-state index in [2.05, 4.69) is 15.8 Å². The number of ether oxygens (including phenoxy) is 2. The highest BCUT2D eigenvalue weighted by molar-refractivity contribution is 6.06. The third-order valence-electron chi connectivity index (χ3n) is 3.62. The minimum atomic E-state index is -0.400. The van der Waals surface area contributed by atoms with Gasteiger partial charge in [0, 0.05) is 5.71 Å². The first kappa shape index (κ1) is 20.0. The average Bonchev–Trinajstić information content (AvgIpc) is 2.66. The second-order valence-corrected chi connectivity index (χ2v) is 5.86. The summed E-state index contributed by atoms with van der Waals surface area (Å²) in [5.41, 5.74) is 4.37. The predicted molar refractivity (Wildman–Crippen MR) is 104 cm³/mol. The van der Waals surface area contributed by atoms with Crippen molar-refractivity contribution in [3.63, 3.8) is 0 Å². The molecule has 0 aromatic heterocycles. The van der Waals surface area contributed by atoms with Gasteiger partial charge in [0.05, 0.1) is 19.2 Å². The molecule has 2 aromatic rings. The van der Waals surface area contributed by atoms with Gasteiger partial charge in [0.15, 0.2) is 6.61 Å². The van der Waals surface area contributed by atoms with E-state index in [4.69, 9.17) is 9.47 Å². The first-order valence-corrected chi connectivity index (χ1v) is 8.43. The lowest BCUT2D eigenvalue weighted by atomic mass is 10.2. The summed E-state index contributed by atoms with van der Waals surface area (Å²) in [4.78, 5) is 23.9. The maximum atomic E-state index is 12.1. The van der Waals surface area contributed by atoms with Crippen molar-refractivity contribution < 1.29 is 19.1 Å². The molecule has 2 N–H and O–H groups in total. The zero-order chi connectivity index (χ0) is 19.6. The van der Waals surface area contributed by atoms with Crippen molar-refractivity contribution in [1.82, 2.24) is 5.43 Å². The van der Waals surface area contributed by atoms with Crippen LogP contribution in [0.2, 0.25) is 0 Å². The molecule has 0 atom stereocenters. The van der Waals surface area contributed by atoms with Crippen LogP contribution in [0.15, 0.2) is 53.6 Å². The zero-order valence-corrected chi connectivity index (χ0v) is 15.6. The topological polar surface area (TPSA) is 89.0 Å². The maximum Gasteiger partial charge on any atom is 0.277 e. The molecular weight excluding hydrogens is 346 g/mol. The van der Waals surface area contributed by atoms with Crippen molar-refractivity contribution in [2.75, 3.05) is 19.0 Å². The van der Waals surface area contributed by atoms with E-state index in [1.54, 1.807) is 31.2 Å². The number of hydrazone groups is 1. The molecule has 142 valence electrons. The second-order valence-electron chi connectivity index (χ2n) is 5.86. The molecule has 2 aromatic carbocycles. The van der Waals surface area contributed by atoms with E-state index >= 15 is 0 Å². The highest BCUT2D eigenvalue weighted by Crippen LogP contribution is 2.23. The number of benzene rings is 2. The molecule has 2 amide bonds. The van der Waals surface area contributed by atoms with Gasteiger partial charge >= 0.3 is 0 Å². The number of nitrogens with one attached hydrogen (secondary N) is 2. The second kappa shape index (κ2) is 9.96. The summed E-state index contributed by atoms with van der Waals surface area (Å²) in [5, 5.41) is 6.68. The highest BCUT2D eigenvalue weighted by atomic mass is 16.5. The number of hydrogen-bond donors (Lipinski definition) is 2. The van der Waals surface area contributed by atoms with E-state index in [0.717, 1.165) is 5.56 Å². The van der Waals surface area contributed by atoms with E-state index < -0.39 is 5.91 Å². The normalized spacial score (nSPS) is 10.9. The number of carbonyl (C=O) groups is 2. The van der Waals surface area contributed by atoms with Crippen LogP contribution in [0.25, 0.3) is 0 Å². The van der Waals surface area contributed by atoms with E-state index in [0.29, 0.717) is 22.9 Å². The third-order valence-corrected chi connectivity index (χ3v) is 3.62. The smallest absolute Gasteiger partial charge is 0.277 e. The molecule has 0 radical (unpaired) electrons. The molecule has 0 saturated heterocycles. The van der Waals surface area contributed by atoms with Gasteiger partial charge in [0.1, 0.15) is 11.5 Å². The Morgan fingerprint density at radius 1 is 1.00 bits per heavy atom. The van der Waals surface area contributed by atoms with Crippen molar-refractivity contribution in [3.8, 4) is 11.5 Å². The molecular formula is C20H23N3O4. The molecule has 0 unspecified atom stereocenters. The molecule has 7 heteroatoms. The van der Waals surface area contributed by atoms with Gasteiger partial charge in [-0.25, -0.2) is 5.43 Å². The summed E-state index contributed by atoms with van der Waals surface area (Å²) in [5.74, 6) is 0.556. The summed E-state index contributed by atoms with van der Waals surface area (Å²) < 4.78 is 10.6. The van der Waals surface area contributed by atoms with Crippen LogP contribution in [0.3, 0.4) is 0 Å². The number of aryl methyl sites for hydroxylation is 1.